The zero-order valence-electron chi connectivity index (χ0n) is 19.8. The van der Waals surface area contributed by atoms with E-state index < -0.39 is 17.8 Å². The summed E-state index contributed by atoms with van der Waals surface area (Å²) in [6, 6.07) is 9.08. The predicted molar refractivity (Wildman–Crippen MR) is 128 cm³/mol. The van der Waals surface area contributed by atoms with Crippen LogP contribution in [0.3, 0.4) is 0 Å². The molecule has 0 saturated carbocycles. The number of carbonyl (C=O) groups excluding carboxylic acids is 3. The second-order valence-corrected chi connectivity index (χ2v) is 8.69. The molecule has 8 nitrogen and oxygen atoms in total. The predicted octanol–water partition coefficient (Wildman–Crippen LogP) is 5.45. The third-order valence-corrected chi connectivity index (χ3v) is 6.17. The molecule has 0 atom stereocenters. The summed E-state index contributed by atoms with van der Waals surface area (Å²) in [4.78, 5) is 37.8. The highest BCUT2D eigenvalue weighted by Crippen LogP contribution is 2.34. The van der Waals surface area contributed by atoms with E-state index >= 15 is 0 Å². The number of benzene rings is 1. The minimum Gasteiger partial charge on any atom is -0.485 e. The molecule has 0 fully saturated rings. The van der Waals surface area contributed by atoms with Crippen molar-refractivity contribution in [3.63, 3.8) is 0 Å². The molecular weight excluding hydrogens is 458 g/mol. The Kier molecular flexibility index (Phi) is 8.12. The number of furan rings is 1. The van der Waals surface area contributed by atoms with Gasteiger partial charge in [0.15, 0.2) is 5.76 Å². The van der Waals surface area contributed by atoms with Crippen LogP contribution in [0.25, 0.3) is 0 Å². The molecule has 0 spiro atoms. The molecule has 0 aliphatic rings. The molecule has 2 heterocycles. The van der Waals surface area contributed by atoms with Gasteiger partial charge in [-0.25, -0.2) is 9.59 Å². The zero-order valence-corrected chi connectivity index (χ0v) is 20.6. The molecule has 1 aromatic carbocycles. The topological polar surface area (TPSA) is 104 Å². The molecule has 3 aromatic rings. The van der Waals surface area contributed by atoms with Crippen molar-refractivity contribution in [2.75, 3.05) is 19.0 Å². The number of carbonyl (C=O) groups is 3. The van der Waals surface area contributed by atoms with Crippen LogP contribution in [0.15, 0.2) is 34.7 Å². The van der Waals surface area contributed by atoms with Crippen LogP contribution in [0, 0.1) is 20.8 Å². The largest absolute Gasteiger partial charge is 0.485 e. The van der Waals surface area contributed by atoms with Gasteiger partial charge in [-0.15, -0.1) is 11.3 Å². The Bertz CT molecular complexity index is 1210. The maximum absolute atomic E-state index is 12.8. The molecule has 0 bridgehead atoms. The molecule has 180 valence electrons. The Morgan fingerprint density at radius 3 is 2.53 bits per heavy atom. The zero-order chi connectivity index (χ0) is 24.8. The summed E-state index contributed by atoms with van der Waals surface area (Å²) >= 11 is 0.947. The minimum absolute atomic E-state index is 0.0399. The van der Waals surface area contributed by atoms with E-state index in [1.165, 1.54) is 13.2 Å². The van der Waals surface area contributed by atoms with Crippen LogP contribution in [0.5, 0.6) is 5.75 Å². The SMILES string of the molecule is CCCOC(=O)c1c(NC(=O)c2ccc(COc3cc(C)ccc3C)o2)sc(C(=O)OC)c1C. The molecule has 0 aliphatic heterocycles. The molecule has 0 aliphatic carbocycles. The smallest absolute Gasteiger partial charge is 0.348 e. The minimum atomic E-state index is -0.622. The van der Waals surface area contributed by atoms with Crippen LogP contribution in [0.1, 0.15) is 66.4 Å². The maximum atomic E-state index is 12.8. The van der Waals surface area contributed by atoms with Crippen molar-refractivity contribution < 1.29 is 33.0 Å². The lowest BCUT2D eigenvalue weighted by molar-refractivity contribution is 0.0506. The van der Waals surface area contributed by atoms with Gasteiger partial charge in [-0.3, -0.25) is 4.79 Å². The van der Waals surface area contributed by atoms with Gasteiger partial charge in [-0.2, -0.15) is 0 Å². The van der Waals surface area contributed by atoms with Gasteiger partial charge in [-0.1, -0.05) is 19.1 Å². The first-order chi connectivity index (χ1) is 16.2. The molecule has 9 heteroatoms. The second kappa shape index (κ2) is 11.0. The summed E-state index contributed by atoms with van der Waals surface area (Å²) in [6.07, 6.45) is 0.639. The Morgan fingerprint density at radius 2 is 1.82 bits per heavy atom. The van der Waals surface area contributed by atoms with Gasteiger partial charge in [0.25, 0.3) is 5.91 Å². The Morgan fingerprint density at radius 1 is 1.06 bits per heavy atom. The number of amides is 1. The number of ether oxygens (including phenoxy) is 3. The van der Waals surface area contributed by atoms with Crippen LogP contribution in [-0.4, -0.2) is 31.6 Å². The van der Waals surface area contributed by atoms with E-state index in [-0.39, 0.29) is 34.4 Å². The lowest BCUT2D eigenvalue weighted by Crippen LogP contribution is -2.14. The first-order valence-electron chi connectivity index (χ1n) is 10.7. The fraction of sp³-hybridized carbons (Fsp3) is 0.320. The van der Waals surface area contributed by atoms with Crippen molar-refractivity contribution in [2.45, 2.75) is 40.7 Å². The Balaban J connectivity index is 1.77. The number of aryl methyl sites for hydroxylation is 2. The number of anilines is 1. The van der Waals surface area contributed by atoms with Crippen LogP contribution < -0.4 is 10.1 Å². The van der Waals surface area contributed by atoms with Crippen molar-refractivity contribution in [2.24, 2.45) is 0 Å². The number of methoxy groups -OCH3 is 1. The third-order valence-electron chi connectivity index (χ3n) is 4.99. The van der Waals surface area contributed by atoms with Gasteiger partial charge >= 0.3 is 11.9 Å². The highest BCUT2D eigenvalue weighted by Gasteiger charge is 2.28. The van der Waals surface area contributed by atoms with E-state index in [0.29, 0.717) is 17.7 Å². The summed E-state index contributed by atoms with van der Waals surface area (Å²) in [6.45, 7) is 7.77. The average molecular weight is 486 g/mol. The number of hydrogen-bond donors (Lipinski definition) is 1. The number of nitrogens with one attached hydrogen (secondary N) is 1. The number of hydrogen-bond acceptors (Lipinski definition) is 8. The highest BCUT2D eigenvalue weighted by atomic mass is 32.1. The Labute approximate surface area is 201 Å². The van der Waals surface area contributed by atoms with E-state index in [1.807, 2.05) is 39.0 Å². The van der Waals surface area contributed by atoms with Crippen molar-refractivity contribution in [3.8, 4) is 5.75 Å². The van der Waals surface area contributed by atoms with Crippen molar-refractivity contribution in [3.05, 3.63) is 69.0 Å². The molecule has 0 saturated heterocycles. The number of thiophene rings is 1. The lowest BCUT2D eigenvalue weighted by Gasteiger charge is -2.08. The summed E-state index contributed by atoms with van der Waals surface area (Å²) in [5.74, 6) is -0.550. The Hall–Kier alpha value is -3.59. The fourth-order valence-electron chi connectivity index (χ4n) is 3.16. The summed E-state index contributed by atoms with van der Waals surface area (Å²) in [5, 5.41) is 2.85. The molecular formula is C25H27NO7S. The molecule has 2 aromatic heterocycles. The van der Waals surface area contributed by atoms with Crippen LogP contribution in [0.2, 0.25) is 0 Å². The first kappa shape index (κ1) is 25.0. The summed E-state index contributed by atoms with van der Waals surface area (Å²) in [7, 11) is 1.25. The molecule has 3 rings (SSSR count). The third kappa shape index (κ3) is 5.66. The van der Waals surface area contributed by atoms with Gasteiger partial charge in [-0.05, 0) is 62.1 Å². The number of rotatable bonds is 9. The standard InChI is InChI=1S/C25H27NO7S/c1-6-11-31-24(28)20-16(4)21(25(29)30-5)34-23(20)26-22(27)18-10-9-17(33-18)13-32-19-12-14(2)7-8-15(19)3/h7-10,12H,6,11,13H2,1-5H3,(H,26,27). The van der Waals surface area contributed by atoms with Crippen molar-refractivity contribution >= 4 is 34.2 Å². The molecule has 1 N–H and O–H groups in total. The van der Waals surface area contributed by atoms with Gasteiger partial charge in [0.2, 0.25) is 0 Å². The van der Waals surface area contributed by atoms with E-state index in [9.17, 15) is 14.4 Å². The summed E-state index contributed by atoms with van der Waals surface area (Å²) in [5.41, 5.74) is 2.57. The van der Waals surface area contributed by atoms with Crippen LogP contribution in [0.4, 0.5) is 5.00 Å². The fourth-order valence-corrected chi connectivity index (χ4v) is 4.26. The second-order valence-electron chi connectivity index (χ2n) is 7.67. The molecule has 0 radical (unpaired) electrons. The van der Waals surface area contributed by atoms with Crippen molar-refractivity contribution in [1.29, 1.82) is 0 Å². The normalized spacial score (nSPS) is 10.6. The van der Waals surface area contributed by atoms with Gasteiger partial charge < -0.3 is 23.9 Å². The van der Waals surface area contributed by atoms with E-state index in [1.54, 1.807) is 13.0 Å². The van der Waals surface area contributed by atoms with Gasteiger partial charge in [0.1, 0.15) is 28.0 Å². The monoisotopic (exact) mass is 485 g/mol. The highest BCUT2D eigenvalue weighted by molar-refractivity contribution is 7.18. The molecule has 34 heavy (non-hydrogen) atoms. The number of esters is 2. The van der Waals surface area contributed by atoms with Gasteiger partial charge in [0, 0.05) is 0 Å². The first-order valence-corrected chi connectivity index (χ1v) is 11.6. The van der Waals surface area contributed by atoms with Crippen LogP contribution >= 0.6 is 11.3 Å². The quantitative estimate of drug-likeness (QED) is 0.402. The van der Waals surface area contributed by atoms with Crippen molar-refractivity contribution in [1.82, 2.24) is 0 Å². The average Bonchev–Trinajstić information content (AvgIpc) is 3.42. The molecule has 1 amide bonds. The van der Waals surface area contributed by atoms with E-state index in [0.717, 1.165) is 28.2 Å². The summed E-state index contributed by atoms with van der Waals surface area (Å²) < 4.78 is 21.5. The maximum Gasteiger partial charge on any atom is 0.348 e. The molecule has 0 unspecified atom stereocenters. The lowest BCUT2D eigenvalue weighted by atomic mass is 10.1. The van der Waals surface area contributed by atoms with Crippen LogP contribution in [-0.2, 0) is 16.1 Å². The van der Waals surface area contributed by atoms with Gasteiger partial charge in [0.05, 0.1) is 19.3 Å². The van der Waals surface area contributed by atoms with E-state index in [2.05, 4.69) is 5.32 Å². The van der Waals surface area contributed by atoms with E-state index in [4.69, 9.17) is 18.6 Å².